The number of carboxylic acids is 2. The van der Waals surface area contributed by atoms with Crippen molar-refractivity contribution in [1.82, 2.24) is 10.6 Å². The summed E-state index contributed by atoms with van der Waals surface area (Å²) in [4.78, 5) is 33.4. The third-order valence-electron chi connectivity index (χ3n) is 3.97. The van der Waals surface area contributed by atoms with Crippen molar-refractivity contribution >= 4 is 18.0 Å². The van der Waals surface area contributed by atoms with E-state index < -0.39 is 30.4 Å². The van der Waals surface area contributed by atoms with Gasteiger partial charge in [-0.2, -0.15) is 0 Å². The summed E-state index contributed by atoms with van der Waals surface area (Å²) in [6, 6.07) is -2.01. The molecule has 0 radical (unpaired) electrons. The van der Waals surface area contributed by atoms with Gasteiger partial charge in [-0.15, -0.1) is 0 Å². The third-order valence-corrected chi connectivity index (χ3v) is 3.97. The van der Waals surface area contributed by atoms with E-state index in [1.807, 2.05) is 0 Å². The highest BCUT2D eigenvalue weighted by Gasteiger charge is 2.30. The van der Waals surface area contributed by atoms with E-state index in [-0.39, 0.29) is 6.04 Å². The molecular formula is C14H24N2O5. The Bertz CT molecular complexity index is 397. The first kappa shape index (κ1) is 17.3. The lowest BCUT2D eigenvalue weighted by molar-refractivity contribution is -0.145. The van der Waals surface area contributed by atoms with Crippen molar-refractivity contribution < 1.29 is 24.6 Å². The fourth-order valence-corrected chi connectivity index (χ4v) is 2.88. The predicted molar refractivity (Wildman–Crippen MR) is 75.9 cm³/mol. The van der Waals surface area contributed by atoms with E-state index in [2.05, 4.69) is 24.5 Å². The van der Waals surface area contributed by atoms with Crippen LogP contribution in [0.3, 0.4) is 0 Å². The zero-order chi connectivity index (χ0) is 16.0. The topological polar surface area (TPSA) is 116 Å². The molecule has 0 bridgehead atoms. The van der Waals surface area contributed by atoms with Gasteiger partial charge in [-0.3, -0.25) is 4.79 Å². The lowest BCUT2D eigenvalue weighted by atomic mass is 9.78. The van der Waals surface area contributed by atoms with Crippen LogP contribution in [0.4, 0.5) is 4.79 Å². The Morgan fingerprint density at radius 3 is 2.29 bits per heavy atom. The Balaban J connectivity index is 2.57. The fourth-order valence-electron chi connectivity index (χ4n) is 2.88. The first-order valence-corrected chi connectivity index (χ1v) is 7.33. The molecule has 3 atom stereocenters. The van der Waals surface area contributed by atoms with E-state index in [1.54, 1.807) is 0 Å². The van der Waals surface area contributed by atoms with E-state index in [0.29, 0.717) is 11.8 Å². The van der Waals surface area contributed by atoms with E-state index in [0.717, 1.165) is 25.7 Å². The third kappa shape index (κ3) is 5.61. The molecule has 7 heteroatoms. The maximum absolute atomic E-state index is 11.9. The second kappa shape index (κ2) is 7.85. The molecule has 2 amide bonds. The quantitative estimate of drug-likeness (QED) is 0.592. The monoisotopic (exact) mass is 300 g/mol. The number of carboxylic acid groups (broad SMARTS) is 2. The molecule has 0 aromatic rings. The molecule has 1 saturated carbocycles. The molecule has 0 saturated heterocycles. The number of hydrogen-bond donors (Lipinski definition) is 4. The molecule has 0 aromatic carbocycles. The van der Waals surface area contributed by atoms with Crippen LogP contribution < -0.4 is 10.6 Å². The Labute approximate surface area is 124 Å². The van der Waals surface area contributed by atoms with Crippen LogP contribution in [0.1, 0.15) is 46.0 Å². The van der Waals surface area contributed by atoms with Crippen LogP contribution in [0.25, 0.3) is 0 Å². The van der Waals surface area contributed by atoms with Crippen LogP contribution in [0.5, 0.6) is 0 Å². The van der Waals surface area contributed by atoms with Gasteiger partial charge < -0.3 is 20.8 Å². The Kier molecular flexibility index (Phi) is 6.45. The molecule has 2 unspecified atom stereocenters. The Morgan fingerprint density at radius 1 is 1.14 bits per heavy atom. The number of rotatable bonds is 6. The summed E-state index contributed by atoms with van der Waals surface area (Å²) in [5, 5.41) is 22.6. The average molecular weight is 300 g/mol. The number of hydrogen-bond acceptors (Lipinski definition) is 3. The molecule has 1 rings (SSSR count). The summed E-state index contributed by atoms with van der Waals surface area (Å²) in [6.45, 7) is 4.21. The van der Waals surface area contributed by atoms with E-state index in [9.17, 15) is 14.4 Å². The summed E-state index contributed by atoms with van der Waals surface area (Å²) in [5.74, 6) is -1.81. The first-order valence-electron chi connectivity index (χ1n) is 7.33. The van der Waals surface area contributed by atoms with E-state index in [4.69, 9.17) is 10.2 Å². The zero-order valence-corrected chi connectivity index (χ0v) is 12.5. The highest BCUT2D eigenvalue weighted by Crippen LogP contribution is 2.30. The molecule has 21 heavy (non-hydrogen) atoms. The van der Waals surface area contributed by atoms with Crippen molar-refractivity contribution in [3.8, 4) is 0 Å². The number of urea groups is 1. The maximum atomic E-state index is 11.9. The van der Waals surface area contributed by atoms with Gasteiger partial charge in [0.2, 0.25) is 0 Å². The minimum atomic E-state index is -1.41. The van der Waals surface area contributed by atoms with Crippen molar-refractivity contribution in [2.24, 2.45) is 11.8 Å². The van der Waals surface area contributed by atoms with E-state index in [1.165, 1.54) is 0 Å². The lowest BCUT2D eigenvalue weighted by Crippen LogP contribution is -2.52. The number of carbonyl (C=O) groups excluding carboxylic acids is 1. The van der Waals surface area contributed by atoms with Crippen LogP contribution in [0.15, 0.2) is 0 Å². The van der Waals surface area contributed by atoms with Crippen molar-refractivity contribution in [2.75, 3.05) is 0 Å². The van der Waals surface area contributed by atoms with Gasteiger partial charge in [0, 0.05) is 6.04 Å². The summed E-state index contributed by atoms with van der Waals surface area (Å²) >= 11 is 0. The standard InChI is InChI=1S/C14H24N2O5/c1-8(2)9-5-3-4-6-10(9)15-14(21)16-11(13(19)20)7-12(17)18/h8-11H,3-7H2,1-2H3,(H,17,18)(H,19,20)(H2,15,16,21)/t9?,10?,11-/m0/s1. The van der Waals surface area contributed by atoms with Gasteiger partial charge in [0.1, 0.15) is 6.04 Å². The number of nitrogens with one attached hydrogen (secondary N) is 2. The number of amides is 2. The van der Waals surface area contributed by atoms with Gasteiger partial charge in [-0.25, -0.2) is 9.59 Å². The average Bonchev–Trinajstić information content (AvgIpc) is 2.37. The molecule has 120 valence electrons. The van der Waals surface area contributed by atoms with Crippen LogP contribution in [0, 0.1) is 11.8 Å². The summed E-state index contributed by atoms with van der Waals surface area (Å²) in [5.41, 5.74) is 0. The lowest BCUT2D eigenvalue weighted by Gasteiger charge is -2.35. The molecule has 0 aromatic heterocycles. The van der Waals surface area contributed by atoms with E-state index >= 15 is 0 Å². The summed E-state index contributed by atoms with van der Waals surface area (Å²) in [6.07, 6.45) is 3.44. The number of carbonyl (C=O) groups is 3. The van der Waals surface area contributed by atoms with Crippen molar-refractivity contribution in [3.05, 3.63) is 0 Å². The number of aliphatic carboxylic acids is 2. The minimum Gasteiger partial charge on any atom is -0.481 e. The largest absolute Gasteiger partial charge is 0.481 e. The Morgan fingerprint density at radius 2 is 1.76 bits per heavy atom. The SMILES string of the molecule is CC(C)C1CCCCC1NC(=O)N[C@@H](CC(=O)O)C(=O)O. The fraction of sp³-hybridized carbons (Fsp3) is 0.786. The van der Waals surface area contributed by atoms with Gasteiger partial charge in [-0.05, 0) is 24.7 Å². The van der Waals surface area contributed by atoms with Gasteiger partial charge >= 0.3 is 18.0 Å². The second-order valence-electron chi connectivity index (χ2n) is 5.91. The molecule has 0 heterocycles. The summed E-state index contributed by atoms with van der Waals surface area (Å²) < 4.78 is 0. The van der Waals surface area contributed by atoms with Crippen LogP contribution in [0.2, 0.25) is 0 Å². The molecule has 4 N–H and O–H groups in total. The summed E-state index contributed by atoms with van der Waals surface area (Å²) in [7, 11) is 0. The second-order valence-corrected chi connectivity index (χ2v) is 5.91. The molecule has 1 fully saturated rings. The minimum absolute atomic E-state index is 0.0121. The highest BCUT2D eigenvalue weighted by molar-refractivity contribution is 5.86. The molecule has 0 aliphatic heterocycles. The smallest absolute Gasteiger partial charge is 0.326 e. The van der Waals surface area contributed by atoms with Crippen LogP contribution in [-0.2, 0) is 9.59 Å². The van der Waals surface area contributed by atoms with Crippen LogP contribution >= 0.6 is 0 Å². The molecule has 0 spiro atoms. The molecular weight excluding hydrogens is 276 g/mol. The Hall–Kier alpha value is -1.79. The molecule has 7 nitrogen and oxygen atoms in total. The predicted octanol–water partition coefficient (Wildman–Crippen LogP) is 1.43. The first-order chi connectivity index (χ1) is 9.81. The van der Waals surface area contributed by atoms with Gasteiger partial charge in [0.25, 0.3) is 0 Å². The van der Waals surface area contributed by atoms with Crippen LogP contribution in [-0.4, -0.2) is 40.3 Å². The molecule has 1 aliphatic rings. The van der Waals surface area contributed by atoms with Crippen molar-refractivity contribution in [2.45, 2.75) is 58.0 Å². The highest BCUT2D eigenvalue weighted by atomic mass is 16.4. The zero-order valence-electron chi connectivity index (χ0n) is 12.5. The van der Waals surface area contributed by atoms with Gasteiger partial charge in [0.05, 0.1) is 6.42 Å². The van der Waals surface area contributed by atoms with Gasteiger partial charge in [-0.1, -0.05) is 26.7 Å². The molecule has 1 aliphatic carbocycles. The maximum Gasteiger partial charge on any atom is 0.326 e. The normalized spacial score (nSPS) is 23.4. The van der Waals surface area contributed by atoms with Gasteiger partial charge in [0.15, 0.2) is 0 Å². The van der Waals surface area contributed by atoms with Crippen molar-refractivity contribution in [3.63, 3.8) is 0 Å². The van der Waals surface area contributed by atoms with Crippen molar-refractivity contribution in [1.29, 1.82) is 0 Å².